The van der Waals surface area contributed by atoms with Crippen molar-refractivity contribution < 1.29 is 19.2 Å². The fraction of sp³-hybridized carbons (Fsp3) is 0.150. The molecular formula is C20H16FN5O5. The molecule has 1 atom stereocenters. The van der Waals surface area contributed by atoms with Crippen LogP contribution in [0.25, 0.3) is 16.7 Å². The molecule has 4 aromatic rings. The monoisotopic (exact) mass is 425 g/mol. The van der Waals surface area contributed by atoms with Crippen LogP contribution >= 0.6 is 0 Å². The van der Waals surface area contributed by atoms with E-state index in [0.717, 1.165) is 0 Å². The summed E-state index contributed by atoms with van der Waals surface area (Å²) in [5.41, 5.74) is -0.296. The van der Waals surface area contributed by atoms with E-state index in [9.17, 15) is 24.4 Å². The van der Waals surface area contributed by atoms with Crippen LogP contribution in [0, 0.1) is 15.9 Å². The van der Waals surface area contributed by atoms with E-state index in [1.165, 1.54) is 64.2 Å². The van der Waals surface area contributed by atoms with Gasteiger partial charge in [0.05, 0.1) is 17.7 Å². The first-order chi connectivity index (χ1) is 14.9. The summed E-state index contributed by atoms with van der Waals surface area (Å²) in [5.74, 6) is -0.0210. The van der Waals surface area contributed by atoms with Crippen LogP contribution in [0.1, 0.15) is 0 Å². The van der Waals surface area contributed by atoms with Crippen LogP contribution in [-0.2, 0) is 6.54 Å². The Morgan fingerprint density at radius 3 is 2.68 bits per heavy atom. The number of aliphatic hydroxyl groups excluding tert-OH is 1. The molecule has 1 unspecified atom stereocenters. The van der Waals surface area contributed by atoms with Gasteiger partial charge in [0.1, 0.15) is 41.7 Å². The molecule has 0 fully saturated rings. The van der Waals surface area contributed by atoms with Crippen LogP contribution in [0.3, 0.4) is 0 Å². The third kappa shape index (κ3) is 4.12. The molecule has 31 heavy (non-hydrogen) atoms. The predicted molar refractivity (Wildman–Crippen MR) is 108 cm³/mol. The quantitative estimate of drug-likeness (QED) is 0.355. The Morgan fingerprint density at radius 1 is 1.19 bits per heavy atom. The molecule has 0 radical (unpaired) electrons. The van der Waals surface area contributed by atoms with Crippen molar-refractivity contribution in [1.29, 1.82) is 0 Å². The molecule has 0 aliphatic rings. The SMILES string of the molecule is O=c1c2cnn(-c3ccccc3[N+](=O)[O-])c2ncn1CC(O)COc1ccc(F)cc1. The van der Waals surface area contributed by atoms with Gasteiger partial charge < -0.3 is 9.84 Å². The average Bonchev–Trinajstić information content (AvgIpc) is 3.20. The van der Waals surface area contributed by atoms with Crippen molar-refractivity contribution in [3.05, 3.63) is 87.3 Å². The molecule has 4 rings (SSSR count). The molecule has 2 heterocycles. The van der Waals surface area contributed by atoms with Crippen molar-refractivity contribution in [2.24, 2.45) is 0 Å². The summed E-state index contributed by atoms with van der Waals surface area (Å²) in [7, 11) is 0. The summed E-state index contributed by atoms with van der Waals surface area (Å²) >= 11 is 0. The highest BCUT2D eigenvalue weighted by atomic mass is 19.1. The minimum atomic E-state index is -1.03. The third-order valence-electron chi connectivity index (χ3n) is 4.52. The summed E-state index contributed by atoms with van der Waals surface area (Å²) in [6.07, 6.45) is 1.48. The van der Waals surface area contributed by atoms with E-state index in [2.05, 4.69) is 10.1 Å². The zero-order valence-corrected chi connectivity index (χ0v) is 16.0. The standard InChI is InChI=1S/C20H16FN5O5/c21-13-5-7-15(8-6-13)31-11-14(27)10-24-12-22-19-16(20(24)28)9-23-25(19)17-3-1-2-4-18(17)26(29)30/h1-9,12,14,27H,10-11H2. The highest BCUT2D eigenvalue weighted by Crippen LogP contribution is 2.23. The van der Waals surface area contributed by atoms with E-state index in [1.54, 1.807) is 6.07 Å². The van der Waals surface area contributed by atoms with Gasteiger partial charge in [0.15, 0.2) is 5.65 Å². The van der Waals surface area contributed by atoms with Crippen LogP contribution in [0.15, 0.2) is 65.8 Å². The molecule has 1 N–H and O–H groups in total. The Kier molecular flexibility index (Phi) is 5.41. The van der Waals surface area contributed by atoms with E-state index >= 15 is 0 Å². The number of nitrogens with zero attached hydrogens (tertiary/aromatic N) is 5. The van der Waals surface area contributed by atoms with Crippen LogP contribution in [0.2, 0.25) is 0 Å². The van der Waals surface area contributed by atoms with Crippen LogP contribution in [0.4, 0.5) is 10.1 Å². The maximum Gasteiger partial charge on any atom is 0.294 e. The summed E-state index contributed by atoms with van der Waals surface area (Å²) in [6.45, 7) is -0.217. The first-order valence-electron chi connectivity index (χ1n) is 9.17. The largest absolute Gasteiger partial charge is 0.491 e. The molecule has 2 aromatic heterocycles. The van der Waals surface area contributed by atoms with E-state index < -0.39 is 22.4 Å². The van der Waals surface area contributed by atoms with E-state index in [0.29, 0.717) is 5.75 Å². The number of aromatic nitrogens is 4. The number of nitro benzene ring substituents is 1. The molecule has 10 nitrogen and oxygen atoms in total. The van der Waals surface area contributed by atoms with Crippen molar-refractivity contribution in [3.63, 3.8) is 0 Å². The van der Waals surface area contributed by atoms with Gasteiger partial charge in [-0.3, -0.25) is 19.5 Å². The van der Waals surface area contributed by atoms with Gasteiger partial charge in [-0.05, 0) is 30.3 Å². The number of hydrogen-bond acceptors (Lipinski definition) is 7. The number of aliphatic hydroxyl groups is 1. The minimum absolute atomic E-state index is 0.0976. The molecule has 0 saturated heterocycles. The number of para-hydroxylation sites is 2. The van der Waals surface area contributed by atoms with E-state index in [4.69, 9.17) is 4.74 Å². The molecule has 0 saturated carbocycles. The lowest BCUT2D eigenvalue weighted by Gasteiger charge is -2.13. The Labute approximate surface area is 173 Å². The van der Waals surface area contributed by atoms with E-state index in [1.807, 2.05) is 0 Å². The molecule has 11 heteroatoms. The van der Waals surface area contributed by atoms with Crippen LogP contribution < -0.4 is 10.3 Å². The summed E-state index contributed by atoms with van der Waals surface area (Å²) < 4.78 is 20.7. The van der Waals surface area contributed by atoms with Gasteiger partial charge in [0, 0.05) is 6.07 Å². The number of hydrogen-bond donors (Lipinski definition) is 1. The summed E-state index contributed by atoms with van der Waals surface area (Å²) in [4.78, 5) is 27.7. The van der Waals surface area contributed by atoms with E-state index in [-0.39, 0.29) is 35.6 Å². The second-order valence-electron chi connectivity index (χ2n) is 6.66. The number of fused-ring (bicyclic) bond motifs is 1. The lowest BCUT2D eigenvalue weighted by Crippen LogP contribution is -2.30. The number of nitro groups is 1. The van der Waals surface area contributed by atoms with Gasteiger partial charge >= 0.3 is 0 Å². The zero-order chi connectivity index (χ0) is 22.0. The molecule has 0 aliphatic heterocycles. The second-order valence-corrected chi connectivity index (χ2v) is 6.66. The topological polar surface area (TPSA) is 125 Å². The van der Waals surface area contributed by atoms with Gasteiger partial charge in [-0.15, -0.1) is 0 Å². The summed E-state index contributed by atoms with van der Waals surface area (Å²) in [5, 5.41) is 25.7. The second kappa shape index (κ2) is 8.32. The fourth-order valence-electron chi connectivity index (χ4n) is 3.06. The van der Waals surface area contributed by atoms with Gasteiger partial charge in [-0.2, -0.15) is 5.10 Å². The van der Waals surface area contributed by atoms with Crippen molar-refractivity contribution in [2.45, 2.75) is 12.6 Å². The first-order valence-corrected chi connectivity index (χ1v) is 9.17. The number of rotatable bonds is 7. The minimum Gasteiger partial charge on any atom is -0.491 e. The highest BCUT2D eigenvalue weighted by molar-refractivity contribution is 5.76. The van der Waals surface area contributed by atoms with Gasteiger partial charge in [0.2, 0.25) is 0 Å². The lowest BCUT2D eigenvalue weighted by atomic mass is 10.2. The molecule has 2 aromatic carbocycles. The Morgan fingerprint density at radius 2 is 1.94 bits per heavy atom. The third-order valence-corrected chi connectivity index (χ3v) is 4.52. The Bertz CT molecular complexity index is 1300. The van der Waals surface area contributed by atoms with Crippen molar-refractivity contribution in [3.8, 4) is 11.4 Å². The smallest absolute Gasteiger partial charge is 0.294 e. The molecule has 0 aliphatic carbocycles. The Hall–Kier alpha value is -4.12. The highest BCUT2D eigenvalue weighted by Gasteiger charge is 2.19. The van der Waals surface area contributed by atoms with Gasteiger partial charge in [-0.25, -0.2) is 14.1 Å². The van der Waals surface area contributed by atoms with Crippen molar-refractivity contribution in [2.75, 3.05) is 6.61 Å². The number of ether oxygens (including phenoxy) is 1. The maximum absolute atomic E-state index is 12.9. The van der Waals surface area contributed by atoms with Crippen molar-refractivity contribution in [1.82, 2.24) is 19.3 Å². The molecular weight excluding hydrogens is 409 g/mol. The summed E-state index contributed by atoms with van der Waals surface area (Å²) in [6, 6.07) is 11.3. The lowest BCUT2D eigenvalue weighted by molar-refractivity contribution is -0.384. The Balaban J connectivity index is 1.56. The molecule has 158 valence electrons. The molecule has 0 bridgehead atoms. The van der Waals surface area contributed by atoms with Crippen LogP contribution in [-0.4, -0.2) is 42.1 Å². The predicted octanol–water partition coefficient (Wildman–Crippen LogP) is 2.07. The van der Waals surface area contributed by atoms with Gasteiger partial charge in [0.25, 0.3) is 11.2 Å². The molecule has 0 spiro atoms. The van der Waals surface area contributed by atoms with Gasteiger partial charge in [-0.1, -0.05) is 12.1 Å². The fourth-order valence-corrected chi connectivity index (χ4v) is 3.06. The number of halogens is 1. The van der Waals surface area contributed by atoms with Crippen LogP contribution in [0.5, 0.6) is 5.75 Å². The normalized spacial score (nSPS) is 12.1. The maximum atomic E-state index is 12.9. The first kappa shape index (κ1) is 20.2. The molecule has 0 amide bonds. The average molecular weight is 425 g/mol. The number of benzene rings is 2. The zero-order valence-electron chi connectivity index (χ0n) is 16.0. The van der Waals surface area contributed by atoms with Crippen molar-refractivity contribution >= 4 is 16.7 Å².